The molecule has 1 aromatic rings. The molecule has 0 bridgehead atoms. The molecule has 0 aromatic heterocycles. The summed E-state index contributed by atoms with van der Waals surface area (Å²) in [6.07, 6.45) is -2.70. The van der Waals surface area contributed by atoms with Crippen molar-refractivity contribution in [2.75, 3.05) is 7.05 Å². The molecule has 0 saturated heterocycles. The normalized spacial score (nSPS) is 11.8. The van der Waals surface area contributed by atoms with Crippen LogP contribution in [0.2, 0.25) is 0 Å². The van der Waals surface area contributed by atoms with Crippen LogP contribution in [0.1, 0.15) is 11.1 Å². The monoisotopic (exact) mass is 261 g/mol. The van der Waals surface area contributed by atoms with Crippen LogP contribution in [0.3, 0.4) is 0 Å². The number of hydrogen-bond acceptors (Lipinski definition) is 3. The Morgan fingerprint density at radius 3 is 2.44 bits per heavy atom. The molecule has 0 aliphatic heterocycles. The van der Waals surface area contributed by atoms with E-state index < -0.39 is 29.1 Å². The van der Waals surface area contributed by atoms with Crippen LogP contribution in [0.15, 0.2) is 18.2 Å². The number of likely N-dealkylation sites (N-methyl/N-ethyl adjacent to an activating group) is 1. The zero-order chi connectivity index (χ0) is 13.9. The quantitative estimate of drug-likeness (QED) is 0.562. The number of nitrogens with one attached hydrogen (secondary N) is 1. The third kappa shape index (κ3) is 3.16. The summed E-state index contributed by atoms with van der Waals surface area (Å²) in [5.74, 6) is -2.64. The minimum Gasteiger partial charge on any atom is -0.504 e. The van der Waals surface area contributed by atoms with E-state index in [4.69, 9.17) is 5.11 Å². The van der Waals surface area contributed by atoms with Gasteiger partial charge in [0.05, 0.1) is 0 Å². The van der Waals surface area contributed by atoms with Crippen LogP contribution < -0.4 is 5.32 Å². The van der Waals surface area contributed by atoms with E-state index >= 15 is 0 Å². The maximum absolute atomic E-state index is 12.5. The summed E-state index contributed by atoms with van der Waals surface area (Å²) in [6, 6.07) is 1.55. The predicted octanol–water partition coefficient (Wildman–Crippen LogP) is 1.88. The first-order chi connectivity index (χ1) is 8.25. The minimum atomic E-state index is -4.79. The van der Waals surface area contributed by atoms with Gasteiger partial charge in [0.2, 0.25) is 5.91 Å². The summed E-state index contributed by atoms with van der Waals surface area (Å²) in [7, 11) is 1.36. The van der Waals surface area contributed by atoms with Crippen LogP contribution in [0.25, 0.3) is 6.08 Å². The molecule has 0 aliphatic rings. The van der Waals surface area contributed by atoms with Gasteiger partial charge in [0.15, 0.2) is 11.5 Å². The van der Waals surface area contributed by atoms with Gasteiger partial charge in [-0.2, -0.15) is 13.2 Å². The van der Waals surface area contributed by atoms with Crippen LogP contribution >= 0.6 is 0 Å². The van der Waals surface area contributed by atoms with Crippen molar-refractivity contribution in [1.82, 2.24) is 5.32 Å². The van der Waals surface area contributed by atoms with E-state index in [2.05, 4.69) is 5.32 Å². The van der Waals surface area contributed by atoms with E-state index in [1.807, 2.05) is 0 Å². The fourth-order valence-electron chi connectivity index (χ4n) is 1.21. The summed E-state index contributed by atoms with van der Waals surface area (Å²) in [4.78, 5) is 10.9. The number of carbonyl (C=O) groups excluding carboxylic acids is 1. The molecule has 0 aliphatic carbocycles. The van der Waals surface area contributed by atoms with E-state index in [1.165, 1.54) is 7.05 Å². The molecule has 98 valence electrons. The van der Waals surface area contributed by atoms with Crippen molar-refractivity contribution in [3.8, 4) is 11.5 Å². The number of carbonyl (C=O) groups is 1. The smallest absolute Gasteiger partial charge is 0.420 e. The average Bonchev–Trinajstić information content (AvgIpc) is 2.28. The summed E-state index contributed by atoms with van der Waals surface area (Å²) < 4.78 is 37.5. The molecule has 3 N–H and O–H groups in total. The number of halogens is 3. The number of amides is 1. The van der Waals surface area contributed by atoms with E-state index in [0.29, 0.717) is 6.07 Å². The maximum Gasteiger partial charge on any atom is 0.420 e. The zero-order valence-corrected chi connectivity index (χ0v) is 9.25. The van der Waals surface area contributed by atoms with E-state index in [0.717, 1.165) is 18.2 Å². The average molecular weight is 261 g/mol. The first-order valence-corrected chi connectivity index (χ1v) is 4.78. The van der Waals surface area contributed by atoms with E-state index in [9.17, 15) is 23.1 Å². The number of benzene rings is 1. The van der Waals surface area contributed by atoms with Crippen molar-refractivity contribution in [3.05, 3.63) is 29.3 Å². The maximum atomic E-state index is 12.5. The fourth-order valence-corrected chi connectivity index (χ4v) is 1.21. The molecule has 1 aromatic carbocycles. The molecule has 0 fully saturated rings. The number of phenols is 2. The van der Waals surface area contributed by atoms with Crippen molar-refractivity contribution in [3.63, 3.8) is 0 Å². The summed E-state index contributed by atoms with van der Waals surface area (Å²) in [5, 5.41) is 20.5. The highest BCUT2D eigenvalue weighted by Gasteiger charge is 2.35. The lowest BCUT2D eigenvalue weighted by molar-refractivity contribution is -0.138. The van der Waals surface area contributed by atoms with Gasteiger partial charge in [-0.1, -0.05) is 0 Å². The van der Waals surface area contributed by atoms with Gasteiger partial charge in [-0.25, -0.2) is 0 Å². The van der Waals surface area contributed by atoms with Crippen molar-refractivity contribution >= 4 is 12.0 Å². The summed E-state index contributed by atoms with van der Waals surface area (Å²) >= 11 is 0. The Kier molecular flexibility index (Phi) is 3.85. The molecule has 0 spiro atoms. The van der Waals surface area contributed by atoms with Gasteiger partial charge in [0.1, 0.15) is 5.56 Å². The number of alkyl halides is 3. The molecule has 7 heteroatoms. The van der Waals surface area contributed by atoms with Crippen LogP contribution in [0, 0.1) is 0 Å². The van der Waals surface area contributed by atoms with Crippen LogP contribution in [-0.2, 0) is 11.0 Å². The van der Waals surface area contributed by atoms with Gasteiger partial charge in [-0.05, 0) is 23.8 Å². The predicted molar refractivity (Wildman–Crippen MR) is 57.9 cm³/mol. The first-order valence-electron chi connectivity index (χ1n) is 4.78. The van der Waals surface area contributed by atoms with Gasteiger partial charge in [-0.15, -0.1) is 0 Å². The van der Waals surface area contributed by atoms with Crippen molar-refractivity contribution in [2.24, 2.45) is 0 Å². The molecule has 1 rings (SSSR count). The number of phenolic OH excluding ortho intramolecular Hbond substituents is 2. The lowest BCUT2D eigenvalue weighted by atomic mass is 10.1. The lowest BCUT2D eigenvalue weighted by Crippen LogP contribution is -2.13. The molecule has 1 amide bonds. The topological polar surface area (TPSA) is 69.6 Å². The van der Waals surface area contributed by atoms with Gasteiger partial charge < -0.3 is 15.5 Å². The van der Waals surface area contributed by atoms with Crippen LogP contribution in [0.5, 0.6) is 11.5 Å². The van der Waals surface area contributed by atoms with Gasteiger partial charge >= 0.3 is 6.18 Å². The largest absolute Gasteiger partial charge is 0.504 e. The SMILES string of the molecule is CNC(=O)C=Cc1cc(O)c(O)c(C(F)(F)F)c1. The minimum absolute atomic E-state index is 0.0544. The molecule has 18 heavy (non-hydrogen) atoms. The molecule has 4 nitrogen and oxygen atoms in total. The first kappa shape index (κ1) is 13.9. The third-order valence-corrected chi connectivity index (χ3v) is 2.09. The molecule has 0 saturated carbocycles. The van der Waals surface area contributed by atoms with Crippen LogP contribution in [0.4, 0.5) is 13.2 Å². The van der Waals surface area contributed by atoms with E-state index in [-0.39, 0.29) is 5.56 Å². The Bertz CT molecular complexity index is 495. The Labute approximate surface area is 100 Å². The Morgan fingerprint density at radius 2 is 1.94 bits per heavy atom. The van der Waals surface area contributed by atoms with Crippen LogP contribution in [-0.4, -0.2) is 23.2 Å². The van der Waals surface area contributed by atoms with Gasteiger partial charge in [0, 0.05) is 13.1 Å². The number of rotatable bonds is 2. The second-order valence-corrected chi connectivity index (χ2v) is 3.38. The second-order valence-electron chi connectivity index (χ2n) is 3.38. The molecule has 0 heterocycles. The Hall–Kier alpha value is -2.18. The molecular formula is C11H10F3NO3. The van der Waals surface area contributed by atoms with Crippen molar-refractivity contribution in [2.45, 2.75) is 6.18 Å². The third-order valence-electron chi connectivity index (χ3n) is 2.09. The Balaban J connectivity index is 3.21. The number of hydrogen-bond donors (Lipinski definition) is 3. The molecule has 0 radical (unpaired) electrons. The fraction of sp³-hybridized carbons (Fsp3) is 0.182. The molecule has 0 unspecified atom stereocenters. The molecular weight excluding hydrogens is 251 g/mol. The highest BCUT2D eigenvalue weighted by Crippen LogP contribution is 2.41. The van der Waals surface area contributed by atoms with Gasteiger partial charge in [-0.3, -0.25) is 4.79 Å². The number of aromatic hydroxyl groups is 2. The lowest BCUT2D eigenvalue weighted by Gasteiger charge is -2.11. The molecule has 0 atom stereocenters. The highest BCUT2D eigenvalue weighted by molar-refractivity contribution is 5.91. The van der Waals surface area contributed by atoms with Gasteiger partial charge in [0.25, 0.3) is 0 Å². The van der Waals surface area contributed by atoms with Crippen molar-refractivity contribution in [1.29, 1.82) is 0 Å². The highest BCUT2D eigenvalue weighted by atomic mass is 19.4. The van der Waals surface area contributed by atoms with E-state index in [1.54, 1.807) is 0 Å². The summed E-state index contributed by atoms with van der Waals surface area (Å²) in [6.45, 7) is 0. The second kappa shape index (κ2) is 4.99. The Morgan fingerprint density at radius 1 is 1.33 bits per heavy atom. The van der Waals surface area contributed by atoms with Crippen molar-refractivity contribution < 1.29 is 28.2 Å². The standard InChI is InChI=1S/C11H10F3NO3/c1-15-9(17)3-2-6-4-7(11(12,13)14)10(18)8(16)5-6/h2-5,16,18H,1H3,(H,15,17). The summed E-state index contributed by atoms with van der Waals surface area (Å²) in [5.41, 5.74) is -1.42. The zero-order valence-electron chi connectivity index (χ0n) is 9.25.